The molecule has 9 atom stereocenters. The molecule has 0 saturated heterocycles. The highest BCUT2D eigenvalue weighted by molar-refractivity contribution is 6.22. The quantitative estimate of drug-likeness (QED) is 0.0318. The van der Waals surface area contributed by atoms with Crippen LogP contribution in [0.25, 0.3) is 0 Å². The van der Waals surface area contributed by atoms with Crippen molar-refractivity contribution in [1.82, 2.24) is 10.6 Å². The maximum absolute atomic E-state index is 13.5. The zero-order valence-electron chi connectivity index (χ0n) is 63.1. The molecule has 556 valence electrons. The van der Waals surface area contributed by atoms with E-state index in [-0.39, 0.29) is 59.4 Å². The van der Waals surface area contributed by atoms with Crippen molar-refractivity contribution in [1.29, 1.82) is 0 Å². The Hall–Kier alpha value is -10.9. The Bertz CT molecular complexity index is 3920. The van der Waals surface area contributed by atoms with E-state index in [9.17, 15) is 43.2 Å². The Morgan fingerprint density at radius 2 is 0.714 bits per heavy atom. The highest BCUT2D eigenvalue weighted by Crippen LogP contribution is 2.33. The third-order valence-electron chi connectivity index (χ3n) is 18.1. The van der Waals surface area contributed by atoms with E-state index >= 15 is 0 Å². The van der Waals surface area contributed by atoms with Crippen LogP contribution in [0.15, 0.2) is 217 Å². The summed E-state index contributed by atoms with van der Waals surface area (Å²) in [7, 11) is 5.08. The maximum atomic E-state index is 13.5. The lowest BCUT2D eigenvalue weighted by Gasteiger charge is -2.27. The molecule has 20 heteroatoms. The van der Waals surface area contributed by atoms with Crippen molar-refractivity contribution in [3.63, 3.8) is 0 Å². The SMILES string of the molecule is C=CC[C@H](C(C)=O)[C@@H](CC(C)C)C(=O)NC1N=C(c2ccccc2)c2ccccc2N(C)C1=O.C=CC[C@H](C(C)=O)[C@@H](CC(C)C)C(=O)O.C=CC[C@H](C(N)=O)[C@@H](CC(C)C)C(=O)NC1N=C(c2ccccc2)c2ccccc2N(C)C1=O.CC.CN1C(=O)C(N)N=C(c2ccccc2)c2ccccc21. The molecular weight excluding hydrogens is 1320 g/mol. The van der Waals surface area contributed by atoms with E-state index in [0.717, 1.165) is 50.5 Å². The van der Waals surface area contributed by atoms with Gasteiger partial charge < -0.3 is 41.9 Å². The number of anilines is 3. The molecule has 0 saturated carbocycles. The molecule has 7 N–H and O–H groups in total. The summed E-state index contributed by atoms with van der Waals surface area (Å²) in [5, 5.41) is 14.8. The van der Waals surface area contributed by atoms with Gasteiger partial charge >= 0.3 is 5.97 Å². The number of aliphatic carboxylic acids is 1. The number of likely N-dealkylation sites (N-methyl/N-ethyl adjacent to an activating group) is 3. The second-order valence-corrected chi connectivity index (χ2v) is 27.1. The first-order chi connectivity index (χ1) is 50.1. The lowest BCUT2D eigenvalue weighted by molar-refractivity contribution is -0.147. The Morgan fingerprint density at radius 3 is 1.02 bits per heavy atom. The molecule has 0 aromatic heterocycles. The van der Waals surface area contributed by atoms with E-state index in [0.29, 0.717) is 49.2 Å². The van der Waals surface area contributed by atoms with Crippen molar-refractivity contribution in [2.24, 2.45) is 79.7 Å². The van der Waals surface area contributed by atoms with Crippen LogP contribution in [0.1, 0.15) is 141 Å². The predicted octanol–water partition coefficient (Wildman–Crippen LogP) is 13.0. The molecule has 0 radical (unpaired) electrons. The fourth-order valence-electron chi connectivity index (χ4n) is 12.9. The number of benzodiazepines with no additional fused rings is 3. The van der Waals surface area contributed by atoms with Crippen LogP contribution in [-0.2, 0) is 43.2 Å². The molecule has 3 aliphatic rings. The number of hydrogen-bond acceptors (Lipinski definition) is 13. The number of carbonyl (C=O) groups excluding carboxylic acids is 8. The van der Waals surface area contributed by atoms with E-state index < -0.39 is 71.8 Å². The number of aliphatic imine (C=N–C) groups is 3. The summed E-state index contributed by atoms with van der Waals surface area (Å²) in [6.45, 7) is 29.8. The summed E-state index contributed by atoms with van der Waals surface area (Å²) in [6, 6.07) is 51.7. The molecule has 3 unspecified atom stereocenters. The average Bonchev–Trinajstić information content (AvgIpc) is 1.67. The Kier molecular flexibility index (Phi) is 33.5. The van der Waals surface area contributed by atoms with E-state index in [4.69, 9.17) is 26.6 Å². The van der Waals surface area contributed by atoms with Crippen LogP contribution in [0.5, 0.6) is 0 Å². The highest BCUT2D eigenvalue weighted by atomic mass is 16.4. The summed E-state index contributed by atoms with van der Waals surface area (Å²) in [4.78, 5) is 131. The summed E-state index contributed by atoms with van der Waals surface area (Å²) < 4.78 is 0. The van der Waals surface area contributed by atoms with E-state index in [1.54, 1.807) is 44.3 Å². The number of para-hydroxylation sites is 3. The fourth-order valence-corrected chi connectivity index (χ4v) is 12.9. The largest absolute Gasteiger partial charge is 0.481 e. The van der Waals surface area contributed by atoms with Gasteiger partial charge in [0.25, 0.3) is 17.7 Å². The number of nitrogens with one attached hydrogen (secondary N) is 2. The van der Waals surface area contributed by atoms with Gasteiger partial charge in [0, 0.05) is 72.3 Å². The molecule has 0 bridgehead atoms. The molecule has 105 heavy (non-hydrogen) atoms. The lowest BCUT2D eigenvalue weighted by atomic mass is 9.80. The molecule has 6 aromatic carbocycles. The number of ketones is 2. The molecule has 6 aromatic rings. The summed E-state index contributed by atoms with van der Waals surface area (Å²) in [6.07, 6.45) is 4.37. The van der Waals surface area contributed by atoms with Crippen molar-refractivity contribution >= 4 is 87.2 Å². The topological polar surface area (TPSA) is 297 Å². The van der Waals surface area contributed by atoms with Crippen molar-refractivity contribution in [3.8, 4) is 0 Å². The number of hydrogen-bond donors (Lipinski definition) is 5. The molecule has 3 heterocycles. The van der Waals surface area contributed by atoms with Gasteiger partial charge in [0.05, 0.1) is 52.0 Å². The number of Topliss-reactive ketones (excluding diaryl/α,β-unsaturated/α-hetero) is 2. The molecular formula is C85H106N10O10. The molecule has 3 aliphatic heterocycles. The zero-order chi connectivity index (χ0) is 77.8. The van der Waals surface area contributed by atoms with Crippen molar-refractivity contribution in [2.75, 3.05) is 35.8 Å². The first-order valence-electron chi connectivity index (χ1n) is 35.8. The number of carboxylic acid groups (broad SMARTS) is 1. The van der Waals surface area contributed by atoms with Crippen LogP contribution in [-0.4, -0.2) is 115 Å². The predicted molar refractivity (Wildman–Crippen MR) is 421 cm³/mol. The molecule has 9 rings (SSSR count). The number of fused-ring (bicyclic) bond motifs is 3. The second kappa shape index (κ2) is 41.4. The number of allylic oxidation sites excluding steroid dienone is 3. The minimum absolute atomic E-state index is 0.0640. The summed E-state index contributed by atoms with van der Waals surface area (Å²) in [5.74, 6) is -6.13. The van der Waals surface area contributed by atoms with Gasteiger partial charge in [-0.2, -0.15) is 0 Å². The third-order valence-corrected chi connectivity index (χ3v) is 18.1. The van der Waals surface area contributed by atoms with Gasteiger partial charge in [-0.25, -0.2) is 9.98 Å². The van der Waals surface area contributed by atoms with Gasteiger partial charge in [-0.1, -0.05) is 219 Å². The van der Waals surface area contributed by atoms with Crippen LogP contribution < -0.4 is 36.8 Å². The van der Waals surface area contributed by atoms with Crippen LogP contribution >= 0.6 is 0 Å². The fraction of sp³-hybridized carbons (Fsp3) is 0.365. The molecule has 0 fully saturated rings. The Morgan fingerprint density at radius 1 is 0.438 bits per heavy atom. The maximum Gasteiger partial charge on any atom is 0.307 e. The van der Waals surface area contributed by atoms with Gasteiger partial charge in [0.2, 0.25) is 30.1 Å². The van der Waals surface area contributed by atoms with Gasteiger partial charge in [-0.05, 0) is 88.3 Å². The summed E-state index contributed by atoms with van der Waals surface area (Å²) >= 11 is 0. The Balaban J connectivity index is 0.000000261. The highest BCUT2D eigenvalue weighted by Gasteiger charge is 2.39. The molecule has 6 amide bonds. The number of primary amides is 1. The van der Waals surface area contributed by atoms with Crippen LogP contribution in [0, 0.1) is 53.3 Å². The third kappa shape index (κ3) is 23.1. The van der Waals surface area contributed by atoms with Crippen LogP contribution in [0.2, 0.25) is 0 Å². The second-order valence-electron chi connectivity index (χ2n) is 27.1. The van der Waals surface area contributed by atoms with Crippen LogP contribution in [0.4, 0.5) is 17.1 Å². The van der Waals surface area contributed by atoms with Gasteiger partial charge in [-0.3, -0.25) is 48.1 Å². The number of carboxylic acids is 1. The number of rotatable bonds is 26. The van der Waals surface area contributed by atoms with E-state index in [1.165, 1.54) is 23.6 Å². The van der Waals surface area contributed by atoms with Crippen LogP contribution in [0.3, 0.4) is 0 Å². The minimum Gasteiger partial charge on any atom is -0.481 e. The standard InChI is InChI=1S/C28H33N3O3.C27H32N4O3.C16H15N3O.C12H20O3.C2H6/c1-6-12-21(19(4)32)23(17-18(2)3)27(33)30-26-28(34)31(5)24-16-11-10-15-22(24)25(29-26)20-13-8-7-9-14-20;1-5-11-19(24(28)32)21(16-17(2)3)26(33)30-25-27(34)31(4)22-15-10-9-14-20(22)23(29-25)18-12-7-6-8-13-18;1-19-13-10-6-5-9-12(13)14(18-15(17)16(19)20)11-7-3-2-4-8-11;1-5-6-10(9(4)13)11(12(14)15)7-8(2)3;1-2/h6-11,13-16,18,21,23,26H,1,12,17H2,2-5H3,(H,30,33);5-10,12-15,17,19,21,25H,1,11,16H2,2-4H3,(H2,28,32)(H,30,33);2-10,15H,17H2,1H3;5,8,10-11H,1,6-7H2,2-4H3,(H,14,15);1-2H3/t21-,23-,26?;19-,21+,25?;;10-,11-;/m10.1./s1. The Labute approximate surface area is 620 Å². The molecule has 0 aliphatic carbocycles. The van der Waals surface area contributed by atoms with Crippen molar-refractivity contribution < 1.29 is 48.3 Å². The lowest BCUT2D eigenvalue weighted by Crippen LogP contribution is -2.50. The number of amides is 6. The zero-order valence-corrected chi connectivity index (χ0v) is 63.1. The molecule has 0 spiro atoms. The van der Waals surface area contributed by atoms with Gasteiger partial charge in [0.15, 0.2) is 6.17 Å². The normalized spacial score (nSPS) is 16.8. The smallest absolute Gasteiger partial charge is 0.307 e. The minimum atomic E-state index is -1.15. The van der Waals surface area contributed by atoms with Crippen molar-refractivity contribution in [3.05, 3.63) is 235 Å². The molecule has 20 nitrogen and oxygen atoms in total. The van der Waals surface area contributed by atoms with Gasteiger partial charge in [0.1, 0.15) is 11.6 Å². The number of nitrogens with zero attached hydrogens (tertiary/aromatic N) is 6. The van der Waals surface area contributed by atoms with Gasteiger partial charge in [-0.15, -0.1) is 19.7 Å². The first-order valence-corrected chi connectivity index (χ1v) is 35.8. The monoisotopic (exact) mass is 1430 g/mol. The van der Waals surface area contributed by atoms with E-state index in [2.05, 4.69) is 35.4 Å². The number of benzene rings is 6. The number of nitrogens with two attached hydrogens (primary N) is 2. The number of carbonyl (C=O) groups is 9. The van der Waals surface area contributed by atoms with E-state index in [1.807, 2.05) is 219 Å². The average molecular weight is 1430 g/mol. The summed E-state index contributed by atoms with van der Waals surface area (Å²) in [5.41, 5.74) is 20.9. The first kappa shape index (κ1) is 84.8. The van der Waals surface area contributed by atoms with Crippen molar-refractivity contribution in [2.45, 2.75) is 126 Å².